The van der Waals surface area contributed by atoms with Gasteiger partial charge >= 0.3 is 0 Å². The minimum Gasteiger partial charge on any atom is -0.342 e. The summed E-state index contributed by atoms with van der Waals surface area (Å²) >= 11 is 0. The lowest BCUT2D eigenvalue weighted by Gasteiger charge is -2.21. The van der Waals surface area contributed by atoms with Crippen LogP contribution in [-0.4, -0.2) is 39.8 Å². The van der Waals surface area contributed by atoms with Crippen LogP contribution in [0.3, 0.4) is 0 Å². The molecule has 0 aliphatic carbocycles. The third-order valence-corrected chi connectivity index (χ3v) is 3.92. The zero-order chi connectivity index (χ0) is 13.9. The molecule has 1 atom stereocenters. The molecule has 5 heteroatoms. The Labute approximate surface area is 118 Å². The van der Waals surface area contributed by atoms with Gasteiger partial charge in [0.05, 0.1) is 11.6 Å². The zero-order valence-corrected chi connectivity index (χ0v) is 11.5. The van der Waals surface area contributed by atoms with E-state index in [9.17, 15) is 4.79 Å². The predicted molar refractivity (Wildman–Crippen MR) is 77.3 cm³/mol. The van der Waals surface area contributed by atoms with Gasteiger partial charge in [-0.2, -0.15) is 0 Å². The maximum atomic E-state index is 12.4. The average molecular weight is 272 g/mol. The van der Waals surface area contributed by atoms with Gasteiger partial charge in [0.15, 0.2) is 0 Å². The second-order valence-corrected chi connectivity index (χ2v) is 5.37. The van der Waals surface area contributed by atoms with E-state index in [1.165, 1.54) is 0 Å². The van der Waals surface area contributed by atoms with Gasteiger partial charge in [0.25, 0.3) is 0 Å². The number of nitrogens with two attached hydrogens (primary N) is 1. The molecule has 20 heavy (non-hydrogen) atoms. The first kappa shape index (κ1) is 13.1. The van der Waals surface area contributed by atoms with E-state index in [4.69, 9.17) is 5.73 Å². The van der Waals surface area contributed by atoms with Gasteiger partial charge in [-0.1, -0.05) is 6.07 Å². The van der Waals surface area contributed by atoms with Crippen molar-refractivity contribution in [3.8, 4) is 0 Å². The van der Waals surface area contributed by atoms with Crippen LogP contribution in [0.5, 0.6) is 0 Å². The van der Waals surface area contributed by atoms with Crippen molar-refractivity contribution >= 4 is 11.6 Å². The molecule has 3 rings (SSSR count). The lowest BCUT2D eigenvalue weighted by molar-refractivity contribution is -0.134. The molecule has 2 aromatic heterocycles. The van der Waals surface area contributed by atoms with Gasteiger partial charge < -0.3 is 15.0 Å². The molecule has 2 aromatic rings. The number of aromatic nitrogens is 2. The van der Waals surface area contributed by atoms with E-state index in [1.54, 1.807) is 0 Å². The first-order chi connectivity index (χ1) is 9.78. The summed E-state index contributed by atoms with van der Waals surface area (Å²) in [5.74, 6) is 0.0278. The quantitative estimate of drug-likeness (QED) is 0.905. The number of rotatable bonds is 4. The smallest absolute Gasteiger partial charge is 0.227 e. The van der Waals surface area contributed by atoms with Crippen LogP contribution in [0, 0.1) is 5.92 Å². The summed E-state index contributed by atoms with van der Waals surface area (Å²) in [6.07, 6.45) is 6.78. The Morgan fingerprint density at radius 1 is 1.35 bits per heavy atom. The molecule has 106 valence electrons. The van der Waals surface area contributed by atoms with E-state index < -0.39 is 0 Å². The van der Waals surface area contributed by atoms with Crippen molar-refractivity contribution in [2.24, 2.45) is 11.7 Å². The topological polar surface area (TPSA) is 63.6 Å². The fourth-order valence-electron chi connectivity index (χ4n) is 2.81. The number of carbonyl (C=O) groups excluding carboxylic acids is 1. The highest BCUT2D eigenvalue weighted by Crippen LogP contribution is 2.16. The number of pyridine rings is 1. The summed E-state index contributed by atoms with van der Waals surface area (Å²) in [5.41, 5.74) is 7.64. The fourth-order valence-corrected chi connectivity index (χ4v) is 2.81. The van der Waals surface area contributed by atoms with Crippen molar-refractivity contribution in [1.82, 2.24) is 14.3 Å². The Kier molecular flexibility index (Phi) is 3.69. The Morgan fingerprint density at radius 2 is 2.15 bits per heavy atom. The molecule has 0 spiro atoms. The van der Waals surface area contributed by atoms with Crippen LogP contribution in [0.25, 0.3) is 5.65 Å². The zero-order valence-electron chi connectivity index (χ0n) is 11.5. The second kappa shape index (κ2) is 5.63. The Morgan fingerprint density at radius 3 is 2.85 bits per heavy atom. The number of nitrogens with zero attached hydrogens (tertiary/aromatic N) is 3. The van der Waals surface area contributed by atoms with E-state index >= 15 is 0 Å². The number of imidazole rings is 1. The molecule has 1 unspecified atom stereocenters. The second-order valence-electron chi connectivity index (χ2n) is 5.37. The molecule has 1 amide bonds. The molecule has 0 saturated carbocycles. The van der Waals surface area contributed by atoms with Crippen molar-refractivity contribution in [1.29, 1.82) is 0 Å². The van der Waals surface area contributed by atoms with Gasteiger partial charge in [0.1, 0.15) is 5.65 Å². The molecule has 1 aliphatic heterocycles. The molecule has 0 bridgehead atoms. The van der Waals surface area contributed by atoms with Crippen LogP contribution in [0.15, 0.2) is 30.6 Å². The van der Waals surface area contributed by atoms with Crippen LogP contribution in [0.1, 0.15) is 18.5 Å². The molecule has 1 aliphatic rings. The number of amides is 1. The molecule has 1 fully saturated rings. The van der Waals surface area contributed by atoms with Crippen molar-refractivity contribution in [3.63, 3.8) is 0 Å². The van der Waals surface area contributed by atoms with Crippen LogP contribution >= 0.6 is 0 Å². The standard InChI is InChI=1S/C15H20N4O/c16-10-12(15(20)18-6-3-4-7-18)9-13-11-19-8-2-1-5-14(19)17-13/h1-2,5,8,11-12H,3-4,6-7,9-10,16H2. The van der Waals surface area contributed by atoms with Crippen LogP contribution in [0.4, 0.5) is 0 Å². The maximum Gasteiger partial charge on any atom is 0.227 e. The van der Waals surface area contributed by atoms with Gasteiger partial charge in [0.2, 0.25) is 5.91 Å². The molecular weight excluding hydrogens is 252 g/mol. The minimum atomic E-state index is -0.155. The van der Waals surface area contributed by atoms with Crippen molar-refractivity contribution < 1.29 is 4.79 Å². The minimum absolute atomic E-state index is 0.155. The third-order valence-electron chi connectivity index (χ3n) is 3.92. The van der Waals surface area contributed by atoms with E-state index in [2.05, 4.69) is 4.98 Å². The van der Waals surface area contributed by atoms with Crippen molar-refractivity contribution in [3.05, 3.63) is 36.3 Å². The molecule has 1 saturated heterocycles. The Hall–Kier alpha value is -1.88. The number of hydrogen-bond donors (Lipinski definition) is 1. The highest BCUT2D eigenvalue weighted by molar-refractivity contribution is 5.79. The van der Waals surface area contributed by atoms with Gasteiger partial charge in [-0.05, 0) is 25.0 Å². The summed E-state index contributed by atoms with van der Waals surface area (Å²) in [6.45, 7) is 2.13. The predicted octanol–water partition coefficient (Wildman–Crippen LogP) is 1.07. The summed E-state index contributed by atoms with van der Waals surface area (Å²) in [4.78, 5) is 18.9. The number of hydrogen-bond acceptors (Lipinski definition) is 3. The largest absolute Gasteiger partial charge is 0.342 e. The Balaban J connectivity index is 1.75. The average Bonchev–Trinajstić information content (AvgIpc) is 3.12. The first-order valence-corrected chi connectivity index (χ1v) is 7.19. The van der Waals surface area contributed by atoms with E-state index in [0.29, 0.717) is 13.0 Å². The number of carbonyl (C=O) groups is 1. The first-order valence-electron chi connectivity index (χ1n) is 7.19. The fraction of sp³-hybridized carbons (Fsp3) is 0.467. The van der Waals surface area contributed by atoms with Gasteiger partial charge in [0, 0.05) is 38.4 Å². The van der Waals surface area contributed by atoms with E-state index in [0.717, 1.165) is 37.3 Å². The van der Waals surface area contributed by atoms with Crippen molar-refractivity contribution in [2.75, 3.05) is 19.6 Å². The maximum absolute atomic E-state index is 12.4. The highest BCUT2D eigenvalue weighted by atomic mass is 16.2. The van der Waals surface area contributed by atoms with Crippen molar-refractivity contribution in [2.45, 2.75) is 19.3 Å². The molecule has 2 N–H and O–H groups in total. The summed E-state index contributed by atoms with van der Waals surface area (Å²) in [5, 5.41) is 0. The normalized spacial score (nSPS) is 16.8. The van der Waals surface area contributed by atoms with E-state index in [1.807, 2.05) is 39.9 Å². The van der Waals surface area contributed by atoms with Gasteiger partial charge in [-0.15, -0.1) is 0 Å². The van der Waals surface area contributed by atoms with Crippen LogP contribution in [-0.2, 0) is 11.2 Å². The number of fused-ring (bicyclic) bond motifs is 1. The highest BCUT2D eigenvalue weighted by Gasteiger charge is 2.26. The molecule has 0 aromatic carbocycles. The summed E-state index contributed by atoms with van der Waals surface area (Å²) in [6, 6.07) is 5.89. The van der Waals surface area contributed by atoms with E-state index in [-0.39, 0.29) is 11.8 Å². The monoisotopic (exact) mass is 272 g/mol. The van der Waals surface area contributed by atoms with Crippen LogP contribution < -0.4 is 5.73 Å². The molecule has 5 nitrogen and oxygen atoms in total. The number of likely N-dealkylation sites (tertiary alicyclic amines) is 1. The molecule has 0 radical (unpaired) electrons. The van der Waals surface area contributed by atoms with Gasteiger partial charge in [-0.25, -0.2) is 4.98 Å². The molecular formula is C15H20N4O. The third kappa shape index (κ3) is 2.54. The lowest BCUT2D eigenvalue weighted by Crippen LogP contribution is -2.38. The molecule has 3 heterocycles. The summed E-state index contributed by atoms with van der Waals surface area (Å²) in [7, 11) is 0. The van der Waals surface area contributed by atoms with Gasteiger partial charge in [-0.3, -0.25) is 4.79 Å². The van der Waals surface area contributed by atoms with Crippen LogP contribution in [0.2, 0.25) is 0 Å². The summed E-state index contributed by atoms with van der Waals surface area (Å²) < 4.78 is 1.98. The SMILES string of the molecule is NCC(Cc1cn2ccccc2n1)C(=O)N1CCCC1. The Bertz CT molecular complexity index is 568. The lowest BCUT2D eigenvalue weighted by atomic mass is 10.0.